The van der Waals surface area contributed by atoms with Crippen molar-refractivity contribution < 1.29 is 13.5 Å². The summed E-state index contributed by atoms with van der Waals surface area (Å²) in [7, 11) is -3.47. The van der Waals surface area contributed by atoms with Gasteiger partial charge in [-0.1, -0.05) is 6.92 Å². The zero-order chi connectivity index (χ0) is 11.3. The van der Waals surface area contributed by atoms with Crippen molar-refractivity contribution in [3.05, 3.63) is 22.4 Å². The van der Waals surface area contributed by atoms with Crippen molar-refractivity contribution in [3.63, 3.8) is 0 Å². The van der Waals surface area contributed by atoms with E-state index in [-0.39, 0.29) is 6.54 Å². The minimum Gasteiger partial charge on any atom is -0.387 e. The van der Waals surface area contributed by atoms with E-state index in [9.17, 15) is 13.5 Å². The molecule has 0 amide bonds. The van der Waals surface area contributed by atoms with Crippen LogP contribution >= 0.6 is 11.3 Å². The van der Waals surface area contributed by atoms with Gasteiger partial charge in [0.1, 0.15) is 0 Å². The van der Waals surface area contributed by atoms with Gasteiger partial charge in [0.2, 0.25) is 0 Å². The monoisotopic (exact) mass is 250 g/mol. The third-order valence-corrected chi connectivity index (χ3v) is 3.65. The molecule has 86 valence electrons. The lowest BCUT2D eigenvalue weighted by atomic mass is 10.2. The number of thiophene rings is 1. The van der Waals surface area contributed by atoms with Gasteiger partial charge in [-0.25, -0.2) is 4.72 Å². The number of nitrogens with one attached hydrogen (secondary N) is 2. The molecule has 1 unspecified atom stereocenters. The summed E-state index contributed by atoms with van der Waals surface area (Å²) in [5.41, 5.74) is 0.721. The van der Waals surface area contributed by atoms with Gasteiger partial charge in [-0.05, 0) is 22.4 Å². The van der Waals surface area contributed by atoms with E-state index in [0.717, 1.165) is 5.56 Å². The third-order valence-electron chi connectivity index (χ3n) is 1.73. The number of aliphatic hydroxyl groups excluding tert-OH is 1. The smallest absolute Gasteiger partial charge is 0.276 e. The van der Waals surface area contributed by atoms with Gasteiger partial charge in [0.25, 0.3) is 10.2 Å². The molecule has 0 fully saturated rings. The molecule has 0 bridgehead atoms. The first kappa shape index (κ1) is 12.6. The van der Waals surface area contributed by atoms with Crippen molar-refractivity contribution in [2.75, 3.05) is 13.1 Å². The van der Waals surface area contributed by atoms with Crippen LogP contribution in [-0.2, 0) is 10.2 Å². The van der Waals surface area contributed by atoms with Gasteiger partial charge in [-0.3, -0.25) is 0 Å². The summed E-state index contributed by atoms with van der Waals surface area (Å²) in [5, 5.41) is 13.2. The van der Waals surface area contributed by atoms with Crippen LogP contribution in [0.2, 0.25) is 0 Å². The van der Waals surface area contributed by atoms with Crippen LogP contribution in [-0.4, -0.2) is 26.6 Å². The molecule has 1 aromatic rings. The van der Waals surface area contributed by atoms with Gasteiger partial charge in [0.05, 0.1) is 6.10 Å². The van der Waals surface area contributed by atoms with E-state index in [1.165, 1.54) is 11.3 Å². The molecular formula is C8H14N2O3S2. The van der Waals surface area contributed by atoms with E-state index in [1.807, 2.05) is 5.38 Å². The SMILES string of the molecule is CCNS(=O)(=O)NCC(O)c1ccsc1. The molecule has 0 spiro atoms. The second-order valence-corrected chi connectivity index (χ2v) is 5.29. The van der Waals surface area contributed by atoms with Crippen LogP contribution in [0.15, 0.2) is 16.8 Å². The van der Waals surface area contributed by atoms with E-state index in [1.54, 1.807) is 18.4 Å². The number of aliphatic hydroxyl groups is 1. The average molecular weight is 250 g/mol. The minimum absolute atomic E-state index is 0.0218. The quantitative estimate of drug-likeness (QED) is 0.676. The number of hydrogen-bond acceptors (Lipinski definition) is 4. The molecule has 0 aliphatic heterocycles. The van der Waals surface area contributed by atoms with Gasteiger partial charge in [0.15, 0.2) is 0 Å². The van der Waals surface area contributed by atoms with Crippen LogP contribution in [0.4, 0.5) is 0 Å². The Morgan fingerprint density at radius 2 is 2.27 bits per heavy atom. The summed E-state index contributed by atoms with van der Waals surface area (Å²) >= 11 is 1.46. The van der Waals surface area contributed by atoms with Gasteiger partial charge in [0, 0.05) is 13.1 Å². The molecule has 5 nitrogen and oxygen atoms in total. The van der Waals surface area contributed by atoms with E-state index in [2.05, 4.69) is 9.44 Å². The third kappa shape index (κ3) is 4.27. The Morgan fingerprint density at radius 1 is 1.53 bits per heavy atom. The first-order chi connectivity index (χ1) is 7.05. The number of rotatable bonds is 6. The fourth-order valence-electron chi connectivity index (χ4n) is 1.01. The van der Waals surface area contributed by atoms with Gasteiger partial charge in [-0.2, -0.15) is 24.5 Å². The summed E-state index contributed by atoms with van der Waals surface area (Å²) in [5.74, 6) is 0. The van der Waals surface area contributed by atoms with Crippen LogP contribution in [0.1, 0.15) is 18.6 Å². The fraction of sp³-hybridized carbons (Fsp3) is 0.500. The van der Waals surface area contributed by atoms with E-state index in [4.69, 9.17) is 0 Å². The largest absolute Gasteiger partial charge is 0.387 e. The summed E-state index contributed by atoms with van der Waals surface area (Å²) in [6, 6.07) is 1.76. The van der Waals surface area contributed by atoms with Crippen molar-refractivity contribution in [1.82, 2.24) is 9.44 Å². The lowest BCUT2D eigenvalue weighted by Gasteiger charge is -2.10. The molecule has 3 N–H and O–H groups in total. The highest BCUT2D eigenvalue weighted by atomic mass is 32.2. The molecule has 0 aliphatic rings. The highest BCUT2D eigenvalue weighted by Gasteiger charge is 2.12. The maximum Gasteiger partial charge on any atom is 0.276 e. The Labute approximate surface area is 93.3 Å². The average Bonchev–Trinajstić information content (AvgIpc) is 2.67. The van der Waals surface area contributed by atoms with Gasteiger partial charge in [-0.15, -0.1) is 0 Å². The van der Waals surface area contributed by atoms with Crippen LogP contribution in [0.3, 0.4) is 0 Å². The Hall–Kier alpha value is -0.470. The number of hydrogen-bond donors (Lipinski definition) is 3. The zero-order valence-corrected chi connectivity index (χ0v) is 9.94. The second-order valence-electron chi connectivity index (χ2n) is 2.92. The lowest BCUT2D eigenvalue weighted by molar-refractivity contribution is 0.182. The van der Waals surface area contributed by atoms with Crippen LogP contribution in [0.25, 0.3) is 0 Å². The van der Waals surface area contributed by atoms with Crippen molar-refractivity contribution in [2.45, 2.75) is 13.0 Å². The van der Waals surface area contributed by atoms with Crippen molar-refractivity contribution >= 4 is 21.5 Å². The zero-order valence-electron chi connectivity index (χ0n) is 8.30. The molecule has 15 heavy (non-hydrogen) atoms. The van der Waals surface area contributed by atoms with Gasteiger partial charge >= 0.3 is 0 Å². The highest BCUT2D eigenvalue weighted by Crippen LogP contribution is 2.15. The topological polar surface area (TPSA) is 78.4 Å². The van der Waals surface area contributed by atoms with Crippen LogP contribution in [0.5, 0.6) is 0 Å². The second kappa shape index (κ2) is 5.57. The van der Waals surface area contributed by atoms with Crippen LogP contribution in [0, 0.1) is 0 Å². The standard InChI is InChI=1S/C8H14N2O3S2/c1-2-9-15(12,13)10-5-8(11)7-3-4-14-6-7/h3-4,6,8-11H,2,5H2,1H3. The van der Waals surface area contributed by atoms with E-state index < -0.39 is 16.3 Å². The van der Waals surface area contributed by atoms with E-state index in [0.29, 0.717) is 6.54 Å². The summed E-state index contributed by atoms with van der Waals surface area (Å²) in [6.45, 7) is 1.99. The Morgan fingerprint density at radius 3 is 2.80 bits per heavy atom. The summed E-state index contributed by atoms with van der Waals surface area (Å²) in [6.07, 6.45) is -0.801. The molecule has 0 saturated carbocycles. The molecular weight excluding hydrogens is 236 g/mol. The Balaban J connectivity index is 2.44. The molecule has 1 rings (SSSR count). The van der Waals surface area contributed by atoms with Gasteiger partial charge < -0.3 is 5.11 Å². The molecule has 0 radical (unpaired) electrons. The molecule has 1 aromatic heterocycles. The molecule has 7 heteroatoms. The molecule has 0 saturated heterocycles. The Kier molecular flexibility index (Phi) is 4.68. The van der Waals surface area contributed by atoms with Crippen molar-refractivity contribution in [1.29, 1.82) is 0 Å². The first-order valence-corrected chi connectivity index (χ1v) is 6.92. The van der Waals surface area contributed by atoms with Crippen LogP contribution < -0.4 is 9.44 Å². The summed E-state index contributed by atoms with van der Waals surface area (Å²) in [4.78, 5) is 0. The lowest BCUT2D eigenvalue weighted by Crippen LogP contribution is -2.38. The maximum atomic E-state index is 11.2. The molecule has 0 aliphatic carbocycles. The summed E-state index contributed by atoms with van der Waals surface area (Å²) < 4.78 is 26.9. The fourth-order valence-corrected chi connectivity index (χ4v) is 2.58. The highest BCUT2D eigenvalue weighted by molar-refractivity contribution is 7.87. The normalized spacial score (nSPS) is 14.0. The molecule has 1 atom stereocenters. The molecule has 0 aromatic carbocycles. The first-order valence-electron chi connectivity index (χ1n) is 4.49. The molecule has 1 heterocycles. The van der Waals surface area contributed by atoms with Crippen molar-refractivity contribution in [2.24, 2.45) is 0 Å². The predicted octanol–water partition coefficient (Wildman–Crippen LogP) is 0.225. The Bertz CT molecular complexity index is 375. The maximum absolute atomic E-state index is 11.2. The minimum atomic E-state index is -3.47. The van der Waals surface area contributed by atoms with E-state index >= 15 is 0 Å². The predicted molar refractivity (Wildman–Crippen MR) is 59.9 cm³/mol. The van der Waals surface area contributed by atoms with Crippen molar-refractivity contribution in [3.8, 4) is 0 Å².